The highest BCUT2D eigenvalue weighted by atomic mass is 32.2. The highest BCUT2D eigenvalue weighted by Gasteiger charge is 2.37. The molecule has 214 valence electrons. The van der Waals surface area contributed by atoms with Crippen molar-refractivity contribution in [1.29, 1.82) is 5.26 Å². The minimum atomic E-state index is -5.09. The highest BCUT2D eigenvalue weighted by Crippen LogP contribution is 2.40. The molecule has 0 amide bonds. The molecule has 0 aliphatic heterocycles. The van der Waals surface area contributed by atoms with Crippen LogP contribution in [0.5, 0.6) is 0 Å². The molecule has 0 saturated heterocycles. The average Bonchev–Trinajstić information content (AvgIpc) is 3.38. The maximum Gasteiger partial charge on any atom is 0.417 e. The predicted molar refractivity (Wildman–Crippen MR) is 141 cm³/mol. The van der Waals surface area contributed by atoms with Gasteiger partial charge in [0.1, 0.15) is 23.3 Å². The number of thiophene rings is 1. The van der Waals surface area contributed by atoms with E-state index >= 15 is 0 Å². The van der Waals surface area contributed by atoms with E-state index in [-0.39, 0.29) is 27.3 Å². The number of rotatable bonds is 7. The quantitative estimate of drug-likeness (QED) is 0.154. The molecule has 0 unspecified atom stereocenters. The molecule has 2 aromatic carbocycles. The summed E-state index contributed by atoms with van der Waals surface area (Å²) in [7, 11) is 0. The van der Waals surface area contributed by atoms with E-state index in [0.29, 0.717) is 29.2 Å². The van der Waals surface area contributed by atoms with E-state index < -0.39 is 52.8 Å². The number of aromatic nitrogens is 1. The largest absolute Gasteiger partial charge is 0.417 e. The summed E-state index contributed by atoms with van der Waals surface area (Å²) in [6.45, 7) is 1.23. The van der Waals surface area contributed by atoms with Gasteiger partial charge in [-0.05, 0) is 65.1 Å². The third-order valence-corrected chi connectivity index (χ3v) is 8.09. The molecule has 41 heavy (non-hydrogen) atoms. The Labute approximate surface area is 236 Å². The van der Waals surface area contributed by atoms with Gasteiger partial charge in [0.2, 0.25) is 0 Å². The van der Waals surface area contributed by atoms with Crippen molar-refractivity contribution in [2.45, 2.75) is 37.1 Å². The minimum absolute atomic E-state index is 0.0507. The van der Waals surface area contributed by atoms with Gasteiger partial charge in [-0.25, -0.2) is 8.78 Å². The topological polar surface area (TPSA) is 45.8 Å². The van der Waals surface area contributed by atoms with Crippen molar-refractivity contribution < 1.29 is 35.1 Å². The van der Waals surface area contributed by atoms with Crippen LogP contribution in [-0.2, 0) is 18.9 Å². The van der Waals surface area contributed by atoms with Crippen LogP contribution in [-0.4, -0.2) is 10.3 Å². The first-order chi connectivity index (χ1) is 19.2. The minimum Gasteiger partial charge on any atom is -0.302 e. The van der Waals surface area contributed by atoms with Crippen molar-refractivity contribution in [1.82, 2.24) is 4.57 Å². The van der Waals surface area contributed by atoms with Gasteiger partial charge >= 0.3 is 12.4 Å². The lowest BCUT2D eigenvalue weighted by Gasteiger charge is -2.17. The summed E-state index contributed by atoms with van der Waals surface area (Å²) in [5.41, 5.74) is -5.14. The van der Waals surface area contributed by atoms with Gasteiger partial charge in [-0.3, -0.25) is 4.79 Å². The van der Waals surface area contributed by atoms with Crippen molar-refractivity contribution in [2.75, 3.05) is 5.75 Å². The summed E-state index contributed by atoms with van der Waals surface area (Å²) in [4.78, 5) is 13.5. The lowest BCUT2D eigenvalue weighted by atomic mass is 10.0. The van der Waals surface area contributed by atoms with Crippen LogP contribution < -0.4 is 5.56 Å². The van der Waals surface area contributed by atoms with Gasteiger partial charge in [0, 0.05) is 16.5 Å². The molecule has 13 heteroatoms. The van der Waals surface area contributed by atoms with E-state index in [2.05, 4.69) is 0 Å². The van der Waals surface area contributed by atoms with Crippen LogP contribution in [0.1, 0.15) is 35.6 Å². The molecule has 0 atom stereocenters. The zero-order chi connectivity index (χ0) is 30.1. The normalized spacial score (nSPS) is 12.0. The summed E-state index contributed by atoms with van der Waals surface area (Å²) in [6, 6.07) is 9.09. The van der Waals surface area contributed by atoms with Gasteiger partial charge in [0.15, 0.2) is 0 Å². The lowest BCUT2D eigenvalue weighted by molar-refractivity contribution is -0.138. The summed E-state index contributed by atoms with van der Waals surface area (Å²) in [5.74, 6) is -1.41. The summed E-state index contributed by atoms with van der Waals surface area (Å²) in [5, 5.41) is 10.8. The molecular formula is C28H18F8N2OS2. The Morgan fingerprint density at radius 1 is 0.951 bits per heavy atom. The number of benzene rings is 2. The second kappa shape index (κ2) is 11.7. The second-order valence-corrected chi connectivity index (χ2v) is 10.9. The highest BCUT2D eigenvalue weighted by molar-refractivity contribution is 7.99. The number of hydrogen-bond donors (Lipinski definition) is 0. The van der Waals surface area contributed by atoms with Crippen LogP contribution in [0.25, 0.3) is 21.7 Å². The summed E-state index contributed by atoms with van der Waals surface area (Å²) >= 11 is 2.08. The summed E-state index contributed by atoms with van der Waals surface area (Å²) in [6.07, 6.45) is -9.03. The van der Waals surface area contributed by atoms with Crippen LogP contribution in [0.4, 0.5) is 35.1 Å². The van der Waals surface area contributed by atoms with Gasteiger partial charge in [0.05, 0.1) is 28.2 Å². The molecule has 0 radical (unpaired) electrons. The first kappa shape index (κ1) is 30.3. The number of halogens is 8. The molecule has 2 aromatic heterocycles. The average molecular weight is 615 g/mol. The van der Waals surface area contributed by atoms with E-state index in [1.165, 1.54) is 35.3 Å². The van der Waals surface area contributed by atoms with E-state index in [0.717, 1.165) is 40.2 Å². The smallest absolute Gasteiger partial charge is 0.302 e. The first-order valence-electron chi connectivity index (χ1n) is 11.9. The third-order valence-electron chi connectivity index (χ3n) is 5.95. The van der Waals surface area contributed by atoms with Gasteiger partial charge < -0.3 is 4.57 Å². The molecule has 0 N–H and O–H groups in total. The van der Waals surface area contributed by atoms with Crippen LogP contribution in [0.3, 0.4) is 0 Å². The molecule has 0 aliphatic carbocycles. The van der Waals surface area contributed by atoms with E-state index in [1.54, 1.807) is 0 Å². The van der Waals surface area contributed by atoms with Crippen LogP contribution in [0, 0.1) is 23.0 Å². The predicted octanol–water partition coefficient (Wildman–Crippen LogP) is 8.98. The van der Waals surface area contributed by atoms with Crippen molar-refractivity contribution >= 4 is 23.1 Å². The molecule has 0 spiro atoms. The molecule has 4 rings (SSSR count). The number of hydrogen-bond acceptors (Lipinski definition) is 4. The molecule has 3 nitrogen and oxygen atoms in total. The van der Waals surface area contributed by atoms with E-state index in [1.807, 2.05) is 6.92 Å². The van der Waals surface area contributed by atoms with Crippen LogP contribution >= 0.6 is 23.1 Å². The van der Waals surface area contributed by atoms with Gasteiger partial charge in [-0.1, -0.05) is 13.0 Å². The number of nitrogens with zero attached hydrogens (tertiary/aromatic N) is 2. The fourth-order valence-electron chi connectivity index (χ4n) is 4.01. The zero-order valence-electron chi connectivity index (χ0n) is 21.0. The fraction of sp³-hybridized carbons (Fsp3) is 0.214. The Hall–Kier alpha value is -3.63. The van der Waals surface area contributed by atoms with E-state index in [4.69, 9.17) is 0 Å². The maximum absolute atomic E-state index is 14.4. The number of thioether (sulfide) groups is 1. The Bertz CT molecular complexity index is 1700. The second-order valence-electron chi connectivity index (χ2n) is 8.85. The van der Waals surface area contributed by atoms with Crippen molar-refractivity contribution in [3.05, 3.63) is 98.2 Å². The van der Waals surface area contributed by atoms with Crippen LogP contribution in [0.2, 0.25) is 0 Å². The molecule has 0 bridgehead atoms. The molecule has 0 aliphatic rings. The monoisotopic (exact) mass is 614 g/mol. The van der Waals surface area contributed by atoms with Gasteiger partial charge in [-0.15, -0.1) is 23.1 Å². The van der Waals surface area contributed by atoms with Crippen molar-refractivity contribution in [3.63, 3.8) is 0 Å². The molecule has 0 fully saturated rings. The number of nitriles is 1. The molecule has 4 aromatic rings. The zero-order valence-corrected chi connectivity index (χ0v) is 22.6. The van der Waals surface area contributed by atoms with Crippen LogP contribution in [0.15, 0.2) is 63.6 Å². The number of alkyl halides is 6. The van der Waals surface area contributed by atoms with Gasteiger partial charge in [-0.2, -0.15) is 31.6 Å². The van der Waals surface area contributed by atoms with Crippen molar-refractivity contribution in [3.8, 4) is 27.8 Å². The van der Waals surface area contributed by atoms with Crippen molar-refractivity contribution in [2.24, 2.45) is 0 Å². The summed E-state index contributed by atoms with van der Waals surface area (Å²) < 4.78 is 111. The Morgan fingerprint density at radius 3 is 2.29 bits per heavy atom. The Morgan fingerprint density at radius 2 is 1.68 bits per heavy atom. The molecule has 2 heterocycles. The molecular weight excluding hydrogens is 596 g/mol. The van der Waals surface area contributed by atoms with Gasteiger partial charge in [0.25, 0.3) is 5.56 Å². The Balaban J connectivity index is 1.91. The lowest BCUT2D eigenvalue weighted by Crippen LogP contribution is -2.28. The SMILES string of the molecule is CCCSc1cc(-c2csc(-c3cc(C(F)(F)F)c(C#N)c(=O)n3Cc3ccc(F)cc3F)c2)cc(C(F)(F)F)c1. The number of pyridine rings is 1. The first-order valence-corrected chi connectivity index (χ1v) is 13.7. The standard InChI is InChI=1S/C28H18F8N2OS2/c1-2-5-40-20-7-16(6-18(9-20)27(31,32)33)17-8-25(41-14-17)24-11-22(28(34,35)36)21(12-37)26(39)38(24)13-15-3-4-19(29)10-23(15)30/h3-4,6-11,14H,2,5,13H2,1H3. The molecule has 0 saturated carbocycles. The van der Waals surface area contributed by atoms with E-state index in [9.17, 15) is 45.2 Å². The third kappa shape index (κ3) is 6.65. The Kier molecular flexibility index (Phi) is 8.65. The maximum atomic E-state index is 14.4. The fourth-order valence-corrected chi connectivity index (χ4v) is 5.82.